The number of amides is 5. The molecule has 29 heteroatoms. The number of benzene rings is 3. The molecule has 3 aromatic rings. The fraction of sp³-hybridized carbons (Fsp3) is 0.464. The number of carboxylic acid groups (broad SMARTS) is 2. The van der Waals surface area contributed by atoms with Gasteiger partial charge in [0.1, 0.15) is 18.1 Å². The number of aliphatic imine (C=N–C) groups is 3. The van der Waals surface area contributed by atoms with Crippen LogP contribution in [-0.2, 0) is 38.2 Å². The third-order valence-electron chi connectivity index (χ3n) is 13.5. The molecule has 85 heavy (non-hydrogen) atoms. The molecule has 3 fully saturated rings. The number of rotatable bonds is 16. The maximum absolute atomic E-state index is 12.6. The third-order valence-corrected chi connectivity index (χ3v) is 13.5. The summed E-state index contributed by atoms with van der Waals surface area (Å²) in [6.07, 6.45) is 4.05. The Kier molecular flexibility index (Phi) is 31.9. The quantitative estimate of drug-likeness (QED) is 0.0481. The van der Waals surface area contributed by atoms with Crippen molar-refractivity contribution in [1.29, 1.82) is 0 Å². The van der Waals surface area contributed by atoms with Crippen LogP contribution in [0.3, 0.4) is 0 Å². The van der Waals surface area contributed by atoms with Crippen LogP contribution in [0.25, 0.3) is 0 Å². The SMILES string of the molecule is CO.COC(=O)[C@@H]1C[C@@H](NC(=O)c2ccccc2)CN1.COC(=O)[C@@H]1C[C@@H](NC(=O)c2ccccc2)CN1C(=O)CNC1=NCCN1.O=C(N[C@@H]1C[C@@H](C(=O)O)N(C(=O)CNC2=NCCN2)C1)c1ccccc1.O=C(O)CCC1=NCCC1.[Na+].[OH-]. The van der Waals surface area contributed by atoms with Gasteiger partial charge in [-0.1, -0.05) is 54.6 Å². The molecule has 0 saturated carbocycles. The van der Waals surface area contributed by atoms with Crippen molar-refractivity contribution in [2.75, 3.05) is 86.8 Å². The van der Waals surface area contributed by atoms with Crippen molar-refractivity contribution in [3.05, 3.63) is 108 Å². The second-order valence-electron chi connectivity index (χ2n) is 19.3. The zero-order valence-electron chi connectivity index (χ0n) is 48.2. The predicted octanol–water partition coefficient (Wildman–Crippen LogP) is -4.03. The van der Waals surface area contributed by atoms with Crippen LogP contribution in [0.4, 0.5) is 0 Å². The monoisotopic (exact) mass is 1190 g/mol. The summed E-state index contributed by atoms with van der Waals surface area (Å²) < 4.78 is 9.49. The Balaban J connectivity index is 0.000000305. The van der Waals surface area contributed by atoms with E-state index < -0.39 is 36.0 Å². The van der Waals surface area contributed by atoms with Crippen molar-refractivity contribution in [2.24, 2.45) is 15.0 Å². The number of ether oxygens (including phenoxy) is 2. The third kappa shape index (κ3) is 23.5. The molecule has 456 valence electrons. The molecule has 12 N–H and O–H groups in total. The summed E-state index contributed by atoms with van der Waals surface area (Å²) in [6.45, 7) is 4.62. The molecule has 0 aromatic heterocycles. The summed E-state index contributed by atoms with van der Waals surface area (Å²) in [5.74, 6) is -2.69. The smallest absolute Gasteiger partial charge is 0.870 e. The zero-order valence-corrected chi connectivity index (χ0v) is 50.2. The Morgan fingerprint density at radius 2 is 1.02 bits per heavy atom. The molecule has 0 unspecified atom stereocenters. The van der Waals surface area contributed by atoms with Crippen LogP contribution < -0.4 is 72.1 Å². The summed E-state index contributed by atoms with van der Waals surface area (Å²) in [4.78, 5) is 122. The number of hydrogen-bond donors (Lipinski definition) is 11. The van der Waals surface area contributed by atoms with Gasteiger partial charge in [-0.25, -0.2) is 9.59 Å². The molecule has 3 saturated heterocycles. The van der Waals surface area contributed by atoms with E-state index >= 15 is 0 Å². The van der Waals surface area contributed by atoms with Gasteiger partial charge in [0.05, 0.1) is 46.8 Å². The van der Waals surface area contributed by atoms with E-state index in [9.17, 15) is 48.3 Å². The van der Waals surface area contributed by atoms with E-state index in [2.05, 4.69) is 62.2 Å². The first-order valence-corrected chi connectivity index (χ1v) is 27.1. The molecular formula is C56H76N13NaO15. The summed E-state index contributed by atoms with van der Waals surface area (Å²) >= 11 is 0. The average Bonchev–Trinajstić information content (AvgIpc) is 4.56. The number of esters is 2. The number of carboxylic acids is 2. The van der Waals surface area contributed by atoms with Crippen molar-refractivity contribution in [2.45, 2.75) is 81.2 Å². The maximum atomic E-state index is 12.6. The van der Waals surface area contributed by atoms with Crippen LogP contribution in [0, 0.1) is 0 Å². The number of carbonyl (C=O) groups excluding carboxylic acids is 7. The Morgan fingerprint density at radius 3 is 1.41 bits per heavy atom. The number of carbonyl (C=O) groups is 9. The van der Waals surface area contributed by atoms with Crippen molar-refractivity contribution < 1.29 is 103 Å². The van der Waals surface area contributed by atoms with Crippen LogP contribution in [0.1, 0.15) is 76.0 Å². The molecule has 28 nitrogen and oxygen atoms in total. The van der Waals surface area contributed by atoms with Gasteiger partial charge in [0.2, 0.25) is 11.8 Å². The van der Waals surface area contributed by atoms with E-state index in [1.54, 1.807) is 60.7 Å². The number of nitrogens with zero attached hydrogens (tertiary/aromatic N) is 5. The largest absolute Gasteiger partial charge is 1.00 e. The van der Waals surface area contributed by atoms with Crippen molar-refractivity contribution in [3.8, 4) is 0 Å². The van der Waals surface area contributed by atoms with Gasteiger partial charge in [-0.05, 0) is 62.1 Å². The van der Waals surface area contributed by atoms with Gasteiger partial charge in [-0.2, -0.15) is 0 Å². The first-order valence-electron chi connectivity index (χ1n) is 27.1. The Morgan fingerprint density at radius 1 is 0.588 bits per heavy atom. The van der Waals surface area contributed by atoms with E-state index in [1.807, 2.05) is 30.3 Å². The Bertz CT molecular complexity index is 2760. The number of aliphatic hydroxyl groups excluding tert-OH is 1. The number of aliphatic hydroxyl groups is 1. The van der Waals surface area contributed by atoms with E-state index in [4.69, 9.17) is 14.9 Å². The topological polar surface area (TPSA) is 403 Å². The number of hydrogen-bond acceptors (Lipinski definition) is 21. The van der Waals surface area contributed by atoms with Crippen LogP contribution in [0.5, 0.6) is 0 Å². The second kappa shape index (κ2) is 38.0. The fourth-order valence-corrected chi connectivity index (χ4v) is 9.38. The average molecular weight is 1190 g/mol. The van der Waals surface area contributed by atoms with Gasteiger partial charge in [0.25, 0.3) is 17.7 Å². The number of nitrogens with one attached hydrogen (secondary N) is 8. The molecule has 6 aliphatic heterocycles. The molecule has 9 rings (SSSR count). The van der Waals surface area contributed by atoms with Gasteiger partial charge in [0, 0.05) is 99.7 Å². The Labute approximate surface area is 514 Å². The van der Waals surface area contributed by atoms with Crippen molar-refractivity contribution >= 4 is 71.0 Å². The van der Waals surface area contributed by atoms with Gasteiger partial charge >= 0.3 is 53.4 Å². The minimum Gasteiger partial charge on any atom is -0.870 e. The molecular weight excluding hydrogens is 1120 g/mol. The molecule has 6 atom stereocenters. The standard InChI is InChI=1S/C18H23N5O4.C17H21N5O4.C13H16N2O3.C7H11NO2.CH4O.Na.H2O/c1-27-17(26)14-9-13(22-16(25)12-5-3-2-4-6-12)11-23(14)15(24)10-21-18-19-7-8-20-18;23-14(9-20-17-18-6-7-19-17)22-10-12(8-13(22)16(25)26)21-15(24)11-4-2-1-3-5-11;1-18-13(17)11-7-10(8-14-11)15-12(16)9-5-3-2-4-6-9;9-7(10)4-3-6-2-1-5-8-6;1-2;;/h2-6,13-14H,7-11H2,1H3,(H,22,25)(H2,19,20,21);1-5,12-13H,6-10H2,(H,21,24)(H,25,26)(H2,18,19,20);2-6,10-11,14H,7-8H2,1H3,(H,15,16);1-5H2,(H,9,10);2H,1H3;;1H2/q;;;;;+1;/p-1/t13-,14+;12-,13+;10-,11+;;;;/m111..../s1. The summed E-state index contributed by atoms with van der Waals surface area (Å²) in [5, 5.41) is 48.2. The van der Waals surface area contributed by atoms with Crippen molar-refractivity contribution in [3.63, 3.8) is 0 Å². The minimum absolute atomic E-state index is 0. The van der Waals surface area contributed by atoms with Gasteiger partial charge in [-0.3, -0.25) is 48.5 Å². The summed E-state index contributed by atoms with van der Waals surface area (Å²) in [7, 11) is 3.65. The van der Waals surface area contributed by atoms with Gasteiger partial charge < -0.3 is 82.6 Å². The number of guanidine groups is 2. The van der Waals surface area contributed by atoms with Crippen molar-refractivity contribution in [1.82, 2.24) is 52.3 Å². The second-order valence-corrected chi connectivity index (χ2v) is 19.3. The Hall–Kier alpha value is -8.02. The van der Waals surface area contributed by atoms with Gasteiger partial charge in [0.15, 0.2) is 11.9 Å². The zero-order chi connectivity index (χ0) is 60.1. The first kappa shape index (κ1) is 71.2. The van der Waals surface area contributed by atoms with Crippen LogP contribution in [0.15, 0.2) is 106 Å². The minimum atomic E-state index is -1.08. The van der Waals surface area contributed by atoms with Gasteiger partial charge in [-0.15, -0.1) is 0 Å². The molecule has 0 radical (unpaired) electrons. The molecule has 0 spiro atoms. The van der Waals surface area contributed by atoms with Crippen LogP contribution in [0.2, 0.25) is 0 Å². The molecule has 5 amide bonds. The molecule has 0 bridgehead atoms. The summed E-state index contributed by atoms with van der Waals surface area (Å²) in [6, 6.07) is 23.7. The maximum Gasteiger partial charge on any atom is 1.00 e. The molecule has 6 aliphatic rings. The number of methoxy groups -OCH3 is 2. The first-order chi connectivity index (χ1) is 40.1. The van der Waals surface area contributed by atoms with E-state index in [0.29, 0.717) is 74.1 Å². The number of likely N-dealkylation sites (tertiary alicyclic amines) is 2. The fourth-order valence-electron chi connectivity index (χ4n) is 9.38. The number of aliphatic carboxylic acids is 2. The van der Waals surface area contributed by atoms with E-state index in [-0.39, 0.29) is 128 Å². The van der Waals surface area contributed by atoms with E-state index in [0.717, 1.165) is 38.8 Å². The molecule has 6 heterocycles. The van der Waals surface area contributed by atoms with E-state index in [1.165, 1.54) is 24.0 Å². The molecule has 3 aromatic carbocycles. The molecule has 0 aliphatic carbocycles. The normalized spacial score (nSPS) is 20.2. The predicted molar refractivity (Wildman–Crippen MR) is 306 cm³/mol. The summed E-state index contributed by atoms with van der Waals surface area (Å²) in [5.41, 5.74) is 2.74. The van der Waals surface area contributed by atoms with Crippen LogP contribution >= 0.6 is 0 Å². The van der Waals surface area contributed by atoms with Crippen LogP contribution in [-0.4, -0.2) is 225 Å².